The van der Waals surface area contributed by atoms with Crippen molar-refractivity contribution in [3.05, 3.63) is 22.6 Å². The summed E-state index contributed by atoms with van der Waals surface area (Å²) >= 11 is 1.24. The van der Waals surface area contributed by atoms with Crippen molar-refractivity contribution < 1.29 is 4.79 Å². The number of aromatic amines is 1. The molecule has 0 radical (unpaired) electrons. The normalized spacial score (nSPS) is 12.2. The molecule has 0 saturated carbocycles. The van der Waals surface area contributed by atoms with E-state index in [-0.39, 0.29) is 16.7 Å². The molecule has 0 bridgehead atoms. The van der Waals surface area contributed by atoms with E-state index in [1.165, 1.54) is 28.9 Å². The Morgan fingerprint density at radius 3 is 2.80 bits per heavy atom. The van der Waals surface area contributed by atoms with Crippen LogP contribution in [0.25, 0.3) is 0 Å². The molecular formula is C9H13N3O2S. The van der Waals surface area contributed by atoms with Gasteiger partial charge in [0.25, 0.3) is 5.56 Å². The van der Waals surface area contributed by atoms with E-state index in [0.29, 0.717) is 5.16 Å². The van der Waals surface area contributed by atoms with Gasteiger partial charge >= 0.3 is 0 Å². The highest BCUT2D eigenvalue weighted by molar-refractivity contribution is 8.00. The third-order valence-corrected chi connectivity index (χ3v) is 2.71. The fraction of sp³-hybridized carbons (Fsp3) is 0.444. The maximum absolute atomic E-state index is 11.5. The van der Waals surface area contributed by atoms with Crippen LogP contribution in [0.15, 0.2) is 22.2 Å². The molecular weight excluding hydrogens is 214 g/mol. The number of rotatable bonds is 3. The third-order valence-electron chi connectivity index (χ3n) is 1.72. The van der Waals surface area contributed by atoms with E-state index in [4.69, 9.17) is 0 Å². The van der Waals surface area contributed by atoms with Crippen molar-refractivity contribution in [2.24, 2.45) is 0 Å². The summed E-state index contributed by atoms with van der Waals surface area (Å²) in [4.78, 5) is 30.5. The van der Waals surface area contributed by atoms with Gasteiger partial charge in [-0.25, -0.2) is 4.98 Å². The van der Waals surface area contributed by atoms with Crippen molar-refractivity contribution in [1.82, 2.24) is 14.9 Å². The maximum Gasteiger partial charge on any atom is 0.251 e. The zero-order chi connectivity index (χ0) is 11.4. The van der Waals surface area contributed by atoms with Gasteiger partial charge in [-0.15, -0.1) is 0 Å². The number of nitrogens with zero attached hydrogens (tertiary/aromatic N) is 2. The first-order valence-electron chi connectivity index (χ1n) is 4.44. The number of hydrogen-bond acceptors (Lipinski definition) is 4. The summed E-state index contributed by atoms with van der Waals surface area (Å²) in [5.74, 6) is -0.00787. The summed E-state index contributed by atoms with van der Waals surface area (Å²) in [5.41, 5.74) is -0.211. The number of amides is 1. The number of H-pyrrole nitrogens is 1. The molecule has 1 heterocycles. The zero-order valence-corrected chi connectivity index (χ0v) is 9.67. The van der Waals surface area contributed by atoms with Crippen molar-refractivity contribution in [3.8, 4) is 0 Å². The lowest BCUT2D eigenvalue weighted by atomic mass is 10.4. The van der Waals surface area contributed by atoms with E-state index in [1.54, 1.807) is 21.0 Å². The Hall–Kier alpha value is -1.30. The van der Waals surface area contributed by atoms with Gasteiger partial charge in [-0.2, -0.15) is 0 Å². The van der Waals surface area contributed by atoms with E-state index >= 15 is 0 Å². The van der Waals surface area contributed by atoms with Gasteiger partial charge < -0.3 is 9.88 Å². The molecule has 5 nitrogen and oxygen atoms in total. The topological polar surface area (TPSA) is 66.1 Å². The lowest BCUT2D eigenvalue weighted by Gasteiger charge is -2.15. The number of carbonyl (C=O) groups is 1. The van der Waals surface area contributed by atoms with Crippen molar-refractivity contribution in [2.45, 2.75) is 17.3 Å². The molecule has 1 amide bonds. The Kier molecular flexibility index (Phi) is 3.90. The second-order valence-electron chi connectivity index (χ2n) is 3.23. The van der Waals surface area contributed by atoms with Gasteiger partial charge in [0.1, 0.15) is 0 Å². The largest absolute Gasteiger partial charge is 0.348 e. The van der Waals surface area contributed by atoms with Gasteiger partial charge in [-0.1, -0.05) is 11.8 Å². The van der Waals surface area contributed by atoms with Gasteiger partial charge in [0.05, 0.1) is 5.25 Å². The van der Waals surface area contributed by atoms with Crippen molar-refractivity contribution >= 4 is 17.7 Å². The molecule has 0 fully saturated rings. The predicted molar refractivity (Wildman–Crippen MR) is 58.9 cm³/mol. The van der Waals surface area contributed by atoms with Crippen molar-refractivity contribution in [3.63, 3.8) is 0 Å². The first kappa shape index (κ1) is 11.8. The van der Waals surface area contributed by atoms with E-state index in [2.05, 4.69) is 9.97 Å². The molecule has 0 saturated heterocycles. The number of nitrogens with one attached hydrogen (secondary N) is 1. The fourth-order valence-electron chi connectivity index (χ4n) is 0.993. The molecule has 0 aliphatic rings. The van der Waals surface area contributed by atoms with Crippen LogP contribution in [0, 0.1) is 0 Å². The molecule has 1 atom stereocenters. The molecule has 0 unspecified atom stereocenters. The zero-order valence-electron chi connectivity index (χ0n) is 8.85. The smallest absolute Gasteiger partial charge is 0.251 e. The van der Waals surface area contributed by atoms with Crippen molar-refractivity contribution in [1.29, 1.82) is 0 Å². The van der Waals surface area contributed by atoms with Crippen LogP contribution in [-0.4, -0.2) is 40.1 Å². The van der Waals surface area contributed by atoms with E-state index in [0.717, 1.165) is 0 Å². The number of aromatic nitrogens is 2. The van der Waals surface area contributed by atoms with Crippen LogP contribution in [0.5, 0.6) is 0 Å². The first-order chi connectivity index (χ1) is 7.00. The minimum absolute atomic E-state index is 0.00787. The average molecular weight is 227 g/mol. The van der Waals surface area contributed by atoms with Crippen LogP contribution in [0.4, 0.5) is 0 Å². The molecule has 0 aliphatic carbocycles. The van der Waals surface area contributed by atoms with Crippen LogP contribution in [0.2, 0.25) is 0 Å². The Morgan fingerprint density at radius 2 is 2.27 bits per heavy atom. The van der Waals surface area contributed by atoms with Crippen LogP contribution < -0.4 is 5.56 Å². The summed E-state index contributed by atoms with van der Waals surface area (Å²) in [6.45, 7) is 1.78. The Bertz CT molecular complexity index is 402. The molecule has 6 heteroatoms. The van der Waals surface area contributed by atoms with Crippen LogP contribution in [0.3, 0.4) is 0 Å². The Labute approximate surface area is 91.9 Å². The van der Waals surface area contributed by atoms with Gasteiger partial charge in [0, 0.05) is 26.4 Å². The number of hydrogen-bond donors (Lipinski definition) is 1. The average Bonchev–Trinajstić information content (AvgIpc) is 2.16. The van der Waals surface area contributed by atoms with Gasteiger partial charge in [-0.05, 0) is 6.92 Å². The minimum atomic E-state index is -0.259. The maximum atomic E-state index is 11.5. The summed E-state index contributed by atoms with van der Waals surface area (Å²) in [5, 5.41) is 0.204. The minimum Gasteiger partial charge on any atom is -0.348 e. The van der Waals surface area contributed by atoms with E-state index < -0.39 is 0 Å². The lowest BCUT2D eigenvalue weighted by molar-refractivity contribution is -0.127. The highest BCUT2D eigenvalue weighted by Crippen LogP contribution is 2.18. The molecule has 1 N–H and O–H groups in total. The van der Waals surface area contributed by atoms with Crippen molar-refractivity contribution in [2.75, 3.05) is 14.1 Å². The fourth-order valence-corrected chi connectivity index (χ4v) is 1.92. The summed E-state index contributed by atoms with van der Waals surface area (Å²) in [6, 6.07) is 1.34. The molecule has 0 spiro atoms. The van der Waals surface area contributed by atoms with Crippen LogP contribution in [0.1, 0.15) is 6.92 Å². The SMILES string of the molecule is C[C@@H](Sc1nccc(=O)[nH]1)C(=O)N(C)C. The first-order valence-corrected chi connectivity index (χ1v) is 5.32. The number of thioether (sulfide) groups is 1. The molecule has 1 aromatic rings. The standard InChI is InChI=1S/C9H13N3O2S/c1-6(8(14)12(2)3)15-9-10-5-4-7(13)11-9/h4-6H,1-3H3,(H,10,11,13)/t6-/m1/s1. The molecule has 0 aliphatic heterocycles. The second-order valence-corrected chi connectivity index (χ2v) is 4.56. The molecule has 0 aromatic carbocycles. The van der Waals surface area contributed by atoms with Gasteiger partial charge in [0.15, 0.2) is 5.16 Å². The predicted octanol–water partition coefficient (Wildman–Crippen LogP) is 0.339. The van der Waals surface area contributed by atoms with Crippen LogP contribution in [-0.2, 0) is 4.79 Å². The molecule has 15 heavy (non-hydrogen) atoms. The summed E-state index contributed by atoms with van der Waals surface area (Å²) in [7, 11) is 3.39. The Balaban J connectivity index is 2.70. The monoisotopic (exact) mass is 227 g/mol. The molecule has 1 aromatic heterocycles. The van der Waals surface area contributed by atoms with Gasteiger partial charge in [0.2, 0.25) is 5.91 Å². The van der Waals surface area contributed by atoms with E-state index in [1.807, 2.05) is 0 Å². The van der Waals surface area contributed by atoms with Crippen LogP contribution >= 0.6 is 11.8 Å². The summed E-state index contributed by atoms with van der Waals surface area (Å²) in [6.07, 6.45) is 1.42. The van der Waals surface area contributed by atoms with Gasteiger partial charge in [-0.3, -0.25) is 9.59 Å². The molecule has 82 valence electrons. The third kappa shape index (κ3) is 3.39. The Morgan fingerprint density at radius 1 is 1.60 bits per heavy atom. The number of carbonyl (C=O) groups excluding carboxylic acids is 1. The highest BCUT2D eigenvalue weighted by atomic mass is 32.2. The quantitative estimate of drug-likeness (QED) is 0.597. The molecule has 1 rings (SSSR count). The second kappa shape index (κ2) is 4.97. The highest BCUT2D eigenvalue weighted by Gasteiger charge is 2.16. The lowest BCUT2D eigenvalue weighted by Crippen LogP contribution is -2.29. The summed E-state index contributed by atoms with van der Waals surface area (Å²) < 4.78 is 0. The van der Waals surface area contributed by atoms with E-state index in [9.17, 15) is 9.59 Å².